The highest BCUT2D eigenvalue weighted by Crippen LogP contribution is 2.29. The molecule has 1 heterocycles. The minimum Gasteiger partial charge on any atom is -0.493 e. The van der Waals surface area contributed by atoms with Crippen molar-refractivity contribution in [2.75, 3.05) is 19.8 Å². The smallest absolute Gasteiger partial charge is 0.160 e. The Morgan fingerprint density at radius 1 is 1.32 bits per heavy atom. The second-order valence-electron chi connectivity index (χ2n) is 5.00. The van der Waals surface area contributed by atoms with E-state index in [1.165, 1.54) is 5.56 Å². The van der Waals surface area contributed by atoms with Gasteiger partial charge in [0.1, 0.15) is 5.75 Å². The molecule has 4 heteroatoms. The van der Waals surface area contributed by atoms with E-state index < -0.39 is 0 Å². The summed E-state index contributed by atoms with van der Waals surface area (Å²) in [5.41, 5.74) is 1.22. The molecule has 0 atom stereocenters. The molecule has 0 radical (unpaired) electrons. The number of hydrogen-bond acceptors (Lipinski definition) is 3. The van der Waals surface area contributed by atoms with Crippen LogP contribution in [0.5, 0.6) is 5.75 Å². The second kappa shape index (κ2) is 7.27. The van der Waals surface area contributed by atoms with Gasteiger partial charge in [-0.2, -0.15) is 0 Å². The van der Waals surface area contributed by atoms with E-state index >= 15 is 0 Å². The van der Waals surface area contributed by atoms with Crippen molar-refractivity contribution in [2.45, 2.75) is 38.9 Å². The largest absolute Gasteiger partial charge is 0.493 e. The fourth-order valence-corrected chi connectivity index (χ4v) is 2.45. The maximum atomic E-state index is 5.88. The number of hydrogen-bond donors (Lipinski definition) is 0. The summed E-state index contributed by atoms with van der Waals surface area (Å²) < 4.78 is 18.0. The molecule has 3 nitrogen and oxygen atoms in total. The number of ether oxygens (including phenoxy) is 3. The van der Waals surface area contributed by atoms with Crippen molar-refractivity contribution in [3.8, 4) is 5.75 Å². The molecule has 0 unspecified atom stereocenters. The lowest BCUT2D eigenvalue weighted by Gasteiger charge is -2.23. The standard InChI is InChI=1S/C15H21BrO3/c1-11(2)13-10-12(16)4-5-14(13)17-9-6-15-18-7-3-8-19-15/h4-5,10-11,15H,3,6-9H2,1-2H3. The topological polar surface area (TPSA) is 27.7 Å². The lowest BCUT2D eigenvalue weighted by atomic mass is 10.0. The van der Waals surface area contributed by atoms with Gasteiger partial charge < -0.3 is 14.2 Å². The van der Waals surface area contributed by atoms with Gasteiger partial charge in [0.05, 0.1) is 19.8 Å². The quantitative estimate of drug-likeness (QED) is 0.814. The van der Waals surface area contributed by atoms with Crippen LogP contribution in [0.15, 0.2) is 22.7 Å². The van der Waals surface area contributed by atoms with Gasteiger partial charge in [-0.3, -0.25) is 0 Å². The van der Waals surface area contributed by atoms with Gasteiger partial charge in [0.15, 0.2) is 6.29 Å². The monoisotopic (exact) mass is 328 g/mol. The molecule has 1 aromatic rings. The molecule has 0 N–H and O–H groups in total. The number of benzene rings is 1. The van der Waals surface area contributed by atoms with Gasteiger partial charge >= 0.3 is 0 Å². The molecule has 1 aliphatic rings. The molecule has 0 amide bonds. The van der Waals surface area contributed by atoms with E-state index in [0.29, 0.717) is 12.5 Å². The van der Waals surface area contributed by atoms with Crippen molar-refractivity contribution in [1.29, 1.82) is 0 Å². The fourth-order valence-electron chi connectivity index (χ4n) is 2.07. The number of rotatable bonds is 5. The van der Waals surface area contributed by atoms with Gasteiger partial charge in [-0.1, -0.05) is 29.8 Å². The molecule has 0 bridgehead atoms. The summed E-state index contributed by atoms with van der Waals surface area (Å²) in [5.74, 6) is 1.39. The third-order valence-corrected chi connectivity index (χ3v) is 3.59. The first-order valence-corrected chi connectivity index (χ1v) is 7.61. The highest BCUT2D eigenvalue weighted by molar-refractivity contribution is 9.10. The normalized spacial score (nSPS) is 16.8. The summed E-state index contributed by atoms with van der Waals surface area (Å²) in [7, 11) is 0. The van der Waals surface area contributed by atoms with Crippen molar-refractivity contribution in [3.05, 3.63) is 28.2 Å². The summed E-state index contributed by atoms with van der Waals surface area (Å²) in [6, 6.07) is 6.14. The Balaban J connectivity index is 1.88. The Bertz CT molecular complexity index is 400. The molecule has 0 aromatic heterocycles. The van der Waals surface area contributed by atoms with Crippen LogP contribution in [0, 0.1) is 0 Å². The van der Waals surface area contributed by atoms with Crippen molar-refractivity contribution < 1.29 is 14.2 Å². The predicted octanol–water partition coefficient (Wildman–Crippen LogP) is 4.10. The molecular weight excluding hydrogens is 308 g/mol. The van der Waals surface area contributed by atoms with Crippen LogP contribution in [0.25, 0.3) is 0 Å². The molecule has 0 aliphatic carbocycles. The van der Waals surface area contributed by atoms with Crippen LogP contribution in [0.4, 0.5) is 0 Å². The van der Waals surface area contributed by atoms with Gasteiger partial charge in [-0.25, -0.2) is 0 Å². The Morgan fingerprint density at radius 2 is 2.05 bits per heavy atom. The molecule has 0 spiro atoms. The van der Waals surface area contributed by atoms with E-state index in [1.807, 2.05) is 12.1 Å². The van der Waals surface area contributed by atoms with Gasteiger partial charge in [-0.15, -0.1) is 0 Å². The molecule has 2 rings (SSSR count). The molecule has 0 saturated carbocycles. The second-order valence-corrected chi connectivity index (χ2v) is 5.91. The average molecular weight is 329 g/mol. The summed E-state index contributed by atoms with van der Waals surface area (Å²) in [6.07, 6.45) is 1.65. The Kier molecular flexibility index (Phi) is 5.67. The van der Waals surface area contributed by atoms with E-state index in [1.54, 1.807) is 0 Å². The Hall–Kier alpha value is -0.580. The first-order valence-electron chi connectivity index (χ1n) is 6.82. The van der Waals surface area contributed by atoms with Gasteiger partial charge in [0.25, 0.3) is 0 Å². The van der Waals surface area contributed by atoms with Crippen LogP contribution in [0.3, 0.4) is 0 Å². The zero-order valence-corrected chi connectivity index (χ0v) is 13.1. The summed E-state index contributed by atoms with van der Waals surface area (Å²) >= 11 is 3.50. The zero-order chi connectivity index (χ0) is 13.7. The summed E-state index contributed by atoms with van der Waals surface area (Å²) in [5, 5.41) is 0. The first kappa shape index (κ1) is 14.8. The minimum atomic E-state index is -0.105. The average Bonchev–Trinajstić information content (AvgIpc) is 2.41. The van der Waals surface area contributed by atoms with Crippen molar-refractivity contribution in [3.63, 3.8) is 0 Å². The lowest BCUT2D eigenvalue weighted by Crippen LogP contribution is -2.26. The molecule has 19 heavy (non-hydrogen) atoms. The predicted molar refractivity (Wildman–Crippen MR) is 78.7 cm³/mol. The van der Waals surface area contributed by atoms with Gasteiger partial charge in [0.2, 0.25) is 0 Å². The van der Waals surface area contributed by atoms with Crippen molar-refractivity contribution in [1.82, 2.24) is 0 Å². The first-order chi connectivity index (χ1) is 9.16. The third-order valence-electron chi connectivity index (χ3n) is 3.10. The van der Waals surface area contributed by atoms with E-state index in [-0.39, 0.29) is 6.29 Å². The van der Waals surface area contributed by atoms with Crippen LogP contribution in [0.2, 0.25) is 0 Å². The van der Waals surface area contributed by atoms with Crippen molar-refractivity contribution in [2.24, 2.45) is 0 Å². The Morgan fingerprint density at radius 3 is 2.74 bits per heavy atom. The van der Waals surface area contributed by atoms with Crippen LogP contribution in [-0.4, -0.2) is 26.1 Å². The van der Waals surface area contributed by atoms with Crippen LogP contribution >= 0.6 is 15.9 Å². The summed E-state index contributed by atoms with van der Waals surface area (Å²) in [6.45, 7) is 6.54. The third kappa shape index (κ3) is 4.48. The van der Waals surface area contributed by atoms with E-state index in [4.69, 9.17) is 14.2 Å². The van der Waals surface area contributed by atoms with Gasteiger partial charge in [-0.05, 0) is 36.1 Å². The maximum Gasteiger partial charge on any atom is 0.160 e. The SMILES string of the molecule is CC(C)c1cc(Br)ccc1OCCC1OCCCO1. The fraction of sp³-hybridized carbons (Fsp3) is 0.600. The van der Waals surface area contributed by atoms with Crippen molar-refractivity contribution >= 4 is 15.9 Å². The molecule has 1 aromatic carbocycles. The minimum absolute atomic E-state index is 0.105. The maximum absolute atomic E-state index is 5.88. The van der Waals surface area contributed by atoms with E-state index in [9.17, 15) is 0 Å². The lowest BCUT2D eigenvalue weighted by molar-refractivity contribution is -0.183. The van der Waals surface area contributed by atoms with E-state index in [0.717, 1.165) is 36.3 Å². The number of halogens is 1. The highest BCUT2D eigenvalue weighted by atomic mass is 79.9. The van der Waals surface area contributed by atoms with Crippen LogP contribution in [-0.2, 0) is 9.47 Å². The molecular formula is C15H21BrO3. The summed E-state index contributed by atoms with van der Waals surface area (Å²) in [4.78, 5) is 0. The molecule has 1 fully saturated rings. The Labute approximate surface area is 123 Å². The van der Waals surface area contributed by atoms with Gasteiger partial charge in [0, 0.05) is 10.9 Å². The molecule has 106 valence electrons. The zero-order valence-electron chi connectivity index (χ0n) is 11.5. The van der Waals surface area contributed by atoms with Crippen LogP contribution < -0.4 is 4.74 Å². The highest BCUT2D eigenvalue weighted by Gasteiger charge is 2.15. The van der Waals surface area contributed by atoms with Crippen LogP contribution in [0.1, 0.15) is 38.2 Å². The molecule has 1 saturated heterocycles. The molecule has 1 aliphatic heterocycles. The van der Waals surface area contributed by atoms with E-state index in [2.05, 4.69) is 35.8 Å².